The van der Waals surface area contributed by atoms with E-state index in [0.29, 0.717) is 43.9 Å². The van der Waals surface area contributed by atoms with Gasteiger partial charge in [0.05, 0.1) is 5.41 Å². The zero-order valence-electron chi connectivity index (χ0n) is 52.8. The van der Waals surface area contributed by atoms with Crippen LogP contribution < -0.4 is 0 Å². The first-order valence-electron chi connectivity index (χ1n) is 31.6. The maximum Gasteiger partial charge on any atom is 0.309 e. The number of unbranched alkanes of at least 4 members (excludes halogenated alkanes) is 16. The van der Waals surface area contributed by atoms with Crippen LogP contribution >= 0.6 is 0 Å². The minimum Gasteiger partial charge on any atom is -0.481 e. The topological polar surface area (TPSA) is 261 Å². The summed E-state index contributed by atoms with van der Waals surface area (Å²) in [6.07, 6.45) is 44.8. The Morgan fingerprint density at radius 2 is 0.474 bits per heavy atom. The number of carboxylic acid groups (broad SMARTS) is 7. The van der Waals surface area contributed by atoms with E-state index in [1.807, 2.05) is 41.5 Å². The molecule has 78 heavy (non-hydrogen) atoms. The molecule has 0 aliphatic heterocycles. The molecule has 0 saturated carbocycles. The van der Waals surface area contributed by atoms with Crippen molar-refractivity contribution in [3.63, 3.8) is 0 Å². The summed E-state index contributed by atoms with van der Waals surface area (Å²) in [5.74, 6) is -3.97. The van der Waals surface area contributed by atoms with Gasteiger partial charge in [0.1, 0.15) is 0 Å². The second-order valence-corrected chi connectivity index (χ2v) is 21.2. The summed E-state index contributed by atoms with van der Waals surface area (Å²) in [6.45, 7) is 24.8. The highest BCUT2D eigenvalue weighted by molar-refractivity contribution is 5.74. The first-order chi connectivity index (χ1) is 37.0. The first kappa shape index (κ1) is 88.1. The van der Waals surface area contributed by atoms with Gasteiger partial charge >= 0.3 is 41.8 Å². The Balaban J connectivity index is -0.000000221. The number of aliphatic carboxylic acids is 7. The fourth-order valence-electron chi connectivity index (χ4n) is 9.14. The molecule has 0 aromatic rings. The van der Waals surface area contributed by atoms with Crippen LogP contribution in [-0.4, -0.2) is 77.5 Å². The molecule has 0 aliphatic carbocycles. The molecule has 0 heterocycles. The first-order valence-corrected chi connectivity index (χ1v) is 31.6. The van der Waals surface area contributed by atoms with Crippen LogP contribution in [0.5, 0.6) is 0 Å². The Kier molecular flexibility index (Phi) is 78.4. The van der Waals surface area contributed by atoms with Crippen molar-refractivity contribution in [2.24, 2.45) is 16.7 Å². The summed E-state index contributed by atoms with van der Waals surface area (Å²) in [7, 11) is 0. The van der Waals surface area contributed by atoms with E-state index in [-0.39, 0.29) is 0 Å². The highest BCUT2D eigenvalue weighted by Gasteiger charge is 2.38. The lowest BCUT2D eigenvalue weighted by molar-refractivity contribution is -0.150. The van der Waals surface area contributed by atoms with Crippen LogP contribution in [0, 0.1) is 16.7 Å². The average molecular weight is 1120 g/mol. The summed E-state index contributed by atoms with van der Waals surface area (Å²) in [6, 6.07) is 0. The van der Waals surface area contributed by atoms with Gasteiger partial charge in [-0.2, -0.15) is 0 Å². The smallest absolute Gasteiger partial charge is 0.309 e. The van der Waals surface area contributed by atoms with Gasteiger partial charge < -0.3 is 35.7 Å². The standard InChI is InChI=1S/C40H80O2.6C4H8O2/c1-7-13-18-23-30-37(31-24-29-33-39(12-6,38(41)42)32-25-19-14-8-2)40(34-26-20-15-9-3,35-27-21-16-10-4)36-28-22-17-11-5;6*1-2-3-4(5)6/h37H,7-36H2,1-6H3,(H,41,42);6*2-3H2,1H3,(H,5,6). The van der Waals surface area contributed by atoms with E-state index in [2.05, 4.69) is 41.5 Å². The van der Waals surface area contributed by atoms with Crippen molar-refractivity contribution < 1.29 is 69.3 Å². The summed E-state index contributed by atoms with van der Waals surface area (Å²) in [5, 5.41) is 57.8. The Morgan fingerprint density at radius 1 is 0.269 bits per heavy atom. The molecule has 0 aromatic carbocycles. The molecule has 0 bridgehead atoms. The van der Waals surface area contributed by atoms with E-state index < -0.39 is 47.2 Å². The minimum atomic E-state index is -0.711. The second-order valence-electron chi connectivity index (χ2n) is 21.2. The monoisotopic (exact) mass is 1120 g/mol. The largest absolute Gasteiger partial charge is 0.481 e. The molecule has 0 rings (SSSR count). The van der Waals surface area contributed by atoms with Gasteiger partial charge in [-0.3, -0.25) is 33.6 Å². The van der Waals surface area contributed by atoms with Crippen molar-refractivity contribution in [2.45, 2.75) is 353 Å². The molecule has 0 saturated heterocycles. The van der Waals surface area contributed by atoms with Crippen molar-refractivity contribution in [3.8, 4) is 0 Å². The SMILES string of the molecule is CCCC(=O)O.CCCC(=O)O.CCCC(=O)O.CCCC(=O)O.CCCC(=O)O.CCCC(=O)O.CCCCCCC(CCCCC(CC)(CCCCCC)C(=O)O)C(CCCCCC)(CCCCCC)CCCCCC. The predicted octanol–water partition coefficient (Wildman–Crippen LogP) is 19.7. The Morgan fingerprint density at radius 3 is 0.654 bits per heavy atom. The van der Waals surface area contributed by atoms with E-state index in [1.54, 1.807) is 0 Å². The molecule has 0 fully saturated rings. The van der Waals surface area contributed by atoms with Crippen molar-refractivity contribution in [3.05, 3.63) is 0 Å². The van der Waals surface area contributed by atoms with Gasteiger partial charge in [-0.05, 0) is 101 Å². The molecule has 468 valence electrons. The van der Waals surface area contributed by atoms with Gasteiger partial charge in [0.15, 0.2) is 0 Å². The third kappa shape index (κ3) is 72.3. The predicted molar refractivity (Wildman–Crippen MR) is 324 cm³/mol. The van der Waals surface area contributed by atoms with Gasteiger partial charge in [-0.15, -0.1) is 0 Å². The van der Waals surface area contributed by atoms with Crippen LogP contribution in [0.25, 0.3) is 0 Å². The molecule has 14 nitrogen and oxygen atoms in total. The minimum absolute atomic E-state index is 0.292. The molecule has 2 atom stereocenters. The Labute approximate surface area is 478 Å². The van der Waals surface area contributed by atoms with E-state index in [4.69, 9.17) is 30.6 Å². The van der Waals surface area contributed by atoms with Crippen LogP contribution in [0.15, 0.2) is 0 Å². The number of carboxylic acids is 7. The van der Waals surface area contributed by atoms with Crippen LogP contribution in [0.4, 0.5) is 0 Å². The van der Waals surface area contributed by atoms with Gasteiger partial charge in [-0.1, -0.05) is 224 Å². The lowest BCUT2D eigenvalue weighted by atomic mass is 9.62. The summed E-state index contributed by atoms with van der Waals surface area (Å²) >= 11 is 0. The molecule has 0 spiro atoms. The van der Waals surface area contributed by atoms with Crippen LogP contribution in [0.3, 0.4) is 0 Å². The lowest BCUT2D eigenvalue weighted by Gasteiger charge is -2.43. The summed E-state index contributed by atoms with van der Waals surface area (Å²) < 4.78 is 0. The summed E-state index contributed by atoms with van der Waals surface area (Å²) in [4.78, 5) is 70.1. The van der Waals surface area contributed by atoms with Crippen molar-refractivity contribution in [2.75, 3.05) is 0 Å². The fourth-order valence-corrected chi connectivity index (χ4v) is 9.14. The molecule has 2 unspecified atom stereocenters. The van der Waals surface area contributed by atoms with E-state index in [0.717, 1.165) is 76.5 Å². The normalized spacial score (nSPS) is 11.4. The highest BCUT2D eigenvalue weighted by Crippen LogP contribution is 2.48. The Hall–Kier alpha value is -3.71. The average Bonchev–Trinajstić information content (AvgIpc) is 3.36. The van der Waals surface area contributed by atoms with Crippen molar-refractivity contribution in [1.29, 1.82) is 0 Å². The van der Waals surface area contributed by atoms with Gasteiger partial charge in [0.2, 0.25) is 0 Å². The maximum atomic E-state index is 12.5. The highest BCUT2D eigenvalue weighted by atomic mass is 16.4. The summed E-state index contributed by atoms with van der Waals surface area (Å²) in [5.41, 5.74) is 0.0120. The fraction of sp³-hybridized carbons (Fsp3) is 0.891. The van der Waals surface area contributed by atoms with E-state index >= 15 is 0 Å². The van der Waals surface area contributed by atoms with Crippen LogP contribution in [-0.2, 0) is 33.6 Å². The molecule has 0 aromatic heterocycles. The third-order valence-electron chi connectivity index (χ3n) is 13.7. The maximum absolute atomic E-state index is 12.5. The molecule has 14 heteroatoms. The molecule has 0 radical (unpaired) electrons. The van der Waals surface area contributed by atoms with Crippen molar-refractivity contribution in [1.82, 2.24) is 0 Å². The number of rotatable bonds is 45. The van der Waals surface area contributed by atoms with Gasteiger partial charge in [0.25, 0.3) is 0 Å². The molecule has 0 amide bonds. The molecular weight excluding hydrogens is 993 g/mol. The zero-order valence-corrected chi connectivity index (χ0v) is 52.8. The molecule has 0 aliphatic rings. The lowest BCUT2D eigenvalue weighted by Crippen LogP contribution is -2.32. The van der Waals surface area contributed by atoms with E-state index in [9.17, 15) is 38.7 Å². The molecular formula is C64H128O14. The third-order valence-corrected chi connectivity index (χ3v) is 13.7. The quantitative estimate of drug-likeness (QED) is 0.0280. The van der Waals surface area contributed by atoms with E-state index in [1.165, 1.54) is 161 Å². The number of carbonyl (C=O) groups is 7. The van der Waals surface area contributed by atoms with Crippen LogP contribution in [0.1, 0.15) is 353 Å². The molecule has 7 N–H and O–H groups in total. The van der Waals surface area contributed by atoms with Crippen molar-refractivity contribution >= 4 is 41.8 Å². The Bertz CT molecular complexity index is 1180. The number of hydrogen-bond donors (Lipinski definition) is 7. The van der Waals surface area contributed by atoms with Gasteiger partial charge in [-0.25, -0.2) is 0 Å². The van der Waals surface area contributed by atoms with Gasteiger partial charge in [0, 0.05) is 38.5 Å². The number of hydrogen-bond acceptors (Lipinski definition) is 7. The second kappa shape index (κ2) is 69.4. The zero-order chi connectivity index (χ0) is 61.3. The van der Waals surface area contributed by atoms with Crippen LogP contribution in [0.2, 0.25) is 0 Å².